The zero-order valence-corrected chi connectivity index (χ0v) is 12.2. The quantitative estimate of drug-likeness (QED) is 0.599. The fourth-order valence-electron chi connectivity index (χ4n) is 2.59. The number of rotatable bonds is 2. The first kappa shape index (κ1) is 13.0. The second-order valence-corrected chi connectivity index (χ2v) is 5.35. The summed E-state index contributed by atoms with van der Waals surface area (Å²) in [6.45, 7) is 0. The van der Waals surface area contributed by atoms with E-state index in [-0.39, 0.29) is 0 Å². The molecule has 0 bridgehead atoms. The van der Waals surface area contributed by atoms with Gasteiger partial charge in [-0.15, -0.1) is 0 Å². The van der Waals surface area contributed by atoms with Gasteiger partial charge in [0.2, 0.25) is 0 Å². The standard InChI is InChI=1S/C17H11ClN4/c18-13-4-1-3-11(7-13)15-16(12-8-19-10-20-9-12)22-14-5-2-6-21-17(14)15/h1-10,22H. The summed E-state index contributed by atoms with van der Waals surface area (Å²) in [4.78, 5) is 16.1. The average Bonchev–Trinajstić information content (AvgIpc) is 2.95. The number of aromatic amines is 1. The second-order valence-electron chi connectivity index (χ2n) is 4.91. The van der Waals surface area contributed by atoms with Crippen molar-refractivity contribution < 1.29 is 0 Å². The summed E-state index contributed by atoms with van der Waals surface area (Å²) in [6, 6.07) is 11.7. The smallest absolute Gasteiger partial charge is 0.115 e. The average molecular weight is 307 g/mol. The minimum absolute atomic E-state index is 0.693. The van der Waals surface area contributed by atoms with Crippen molar-refractivity contribution in [2.45, 2.75) is 0 Å². The summed E-state index contributed by atoms with van der Waals surface area (Å²) >= 11 is 6.16. The first-order valence-corrected chi connectivity index (χ1v) is 7.19. The summed E-state index contributed by atoms with van der Waals surface area (Å²) in [7, 11) is 0. The van der Waals surface area contributed by atoms with Gasteiger partial charge >= 0.3 is 0 Å². The number of H-pyrrole nitrogens is 1. The first-order valence-electron chi connectivity index (χ1n) is 6.81. The highest BCUT2D eigenvalue weighted by atomic mass is 35.5. The molecule has 22 heavy (non-hydrogen) atoms. The predicted octanol–water partition coefficient (Wildman–Crippen LogP) is 4.34. The summed E-state index contributed by atoms with van der Waals surface area (Å²) in [5, 5.41) is 0.693. The van der Waals surface area contributed by atoms with Crippen LogP contribution in [-0.2, 0) is 0 Å². The third kappa shape index (κ3) is 2.14. The van der Waals surface area contributed by atoms with Gasteiger partial charge in [0.1, 0.15) is 6.33 Å². The molecule has 4 nitrogen and oxygen atoms in total. The lowest BCUT2D eigenvalue weighted by Crippen LogP contribution is -1.86. The van der Waals surface area contributed by atoms with E-state index in [9.17, 15) is 0 Å². The van der Waals surface area contributed by atoms with Crippen molar-refractivity contribution in [3.8, 4) is 22.4 Å². The zero-order chi connectivity index (χ0) is 14.9. The van der Waals surface area contributed by atoms with Gasteiger partial charge in [-0.3, -0.25) is 4.98 Å². The van der Waals surface area contributed by atoms with Gasteiger partial charge in [-0.25, -0.2) is 9.97 Å². The molecule has 3 aromatic heterocycles. The van der Waals surface area contributed by atoms with Crippen molar-refractivity contribution in [1.29, 1.82) is 0 Å². The Bertz CT molecular complexity index is 947. The maximum atomic E-state index is 6.16. The maximum absolute atomic E-state index is 6.16. The number of hydrogen-bond acceptors (Lipinski definition) is 3. The molecule has 0 aliphatic heterocycles. The Balaban J connectivity index is 2.07. The van der Waals surface area contributed by atoms with Gasteiger partial charge in [0, 0.05) is 34.7 Å². The van der Waals surface area contributed by atoms with E-state index in [4.69, 9.17) is 11.6 Å². The summed E-state index contributed by atoms with van der Waals surface area (Å²) in [6.07, 6.45) is 6.87. The van der Waals surface area contributed by atoms with E-state index in [1.807, 2.05) is 36.4 Å². The Morgan fingerprint density at radius 3 is 2.64 bits per heavy atom. The minimum atomic E-state index is 0.693. The lowest BCUT2D eigenvalue weighted by atomic mass is 10.0. The van der Waals surface area contributed by atoms with E-state index in [2.05, 4.69) is 19.9 Å². The topological polar surface area (TPSA) is 54.5 Å². The lowest BCUT2D eigenvalue weighted by molar-refractivity contribution is 1.16. The number of halogens is 1. The van der Waals surface area contributed by atoms with E-state index in [0.29, 0.717) is 5.02 Å². The van der Waals surface area contributed by atoms with Crippen LogP contribution in [0.15, 0.2) is 61.3 Å². The molecule has 1 N–H and O–H groups in total. The van der Waals surface area contributed by atoms with Gasteiger partial charge in [-0.1, -0.05) is 23.7 Å². The Morgan fingerprint density at radius 2 is 1.82 bits per heavy atom. The highest BCUT2D eigenvalue weighted by Gasteiger charge is 2.16. The molecule has 3 heterocycles. The molecule has 0 amide bonds. The van der Waals surface area contributed by atoms with Gasteiger partial charge in [0.25, 0.3) is 0 Å². The molecule has 0 fully saturated rings. The van der Waals surface area contributed by atoms with Crippen molar-refractivity contribution in [2.75, 3.05) is 0 Å². The van der Waals surface area contributed by atoms with E-state index in [1.165, 1.54) is 6.33 Å². The second kappa shape index (κ2) is 5.24. The fourth-order valence-corrected chi connectivity index (χ4v) is 2.78. The molecule has 0 saturated heterocycles. The van der Waals surface area contributed by atoms with E-state index in [0.717, 1.165) is 33.4 Å². The summed E-state index contributed by atoms with van der Waals surface area (Å²) in [5.74, 6) is 0. The van der Waals surface area contributed by atoms with Crippen LogP contribution in [0.5, 0.6) is 0 Å². The van der Waals surface area contributed by atoms with Crippen molar-refractivity contribution in [2.24, 2.45) is 0 Å². The van der Waals surface area contributed by atoms with Crippen LogP contribution in [0.4, 0.5) is 0 Å². The highest BCUT2D eigenvalue weighted by Crippen LogP contribution is 2.37. The van der Waals surface area contributed by atoms with Crippen molar-refractivity contribution in [1.82, 2.24) is 19.9 Å². The van der Waals surface area contributed by atoms with Crippen LogP contribution in [0, 0.1) is 0 Å². The third-order valence-corrected chi connectivity index (χ3v) is 3.75. The highest BCUT2D eigenvalue weighted by molar-refractivity contribution is 6.31. The van der Waals surface area contributed by atoms with Crippen molar-refractivity contribution in [3.63, 3.8) is 0 Å². The zero-order valence-electron chi connectivity index (χ0n) is 11.5. The normalized spacial score (nSPS) is 11.0. The summed E-state index contributed by atoms with van der Waals surface area (Å²) < 4.78 is 0. The Hall–Kier alpha value is -2.72. The van der Waals surface area contributed by atoms with Crippen LogP contribution in [0.1, 0.15) is 0 Å². The molecular weight excluding hydrogens is 296 g/mol. The van der Waals surface area contributed by atoms with Crippen LogP contribution in [0.25, 0.3) is 33.4 Å². The van der Waals surface area contributed by atoms with Crippen LogP contribution < -0.4 is 0 Å². The van der Waals surface area contributed by atoms with Gasteiger partial charge in [0.05, 0.1) is 16.7 Å². The maximum Gasteiger partial charge on any atom is 0.115 e. The minimum Gasteiger partial charge on any atom is -0.353 e. The SMILES string of the molecule is Clc1cccc(-c2c(-c3cncnc3)[nH]c3cccnc23)c1. The molecule has 106 valence electrons. The number of aromatic nitrogens is 4. The van der Waals surface area contributed by atoms with Gasteiger partial charge < -0.3 is 4.98 Å². The number of fused-ring (bicyclic) bond motifs is 1. The van der Waals surface area contributed by atoms with Crippen LogP contribution >= 0.6 is 11.6 Å². The van der Waals surface area contributed by atoms with Crippen LogP contribution in [0.3, 0.4) is 0 Å². The molecule has 1 aromatic carbocycles. The number of hydrogen-bond donors (Lipinski definition) is 1. The molecule has 0 atom stereocenters. The van der Waals surface area contributed by atoms with Crippen LogP contribution in [0.2, 0.25) is 5.02 Å². The number of nitrogens with zero attached hydrogens (tertiary/aromatic N) is 3. The molecule has 4 rings (SSSR count). The summed E-state index contributed by atoms with van der Waals surface area (Å²) in [5.41, 5.74) is 5.75. The number of nitrogens with one attached hydrogen (secondary N) is 1. The van der Waals surface area contributed by atoms with Crippen molar-refractivity contribution >= 4 is 22.6 Å². The lowest BCUT2D eigenvalue weighted by Gasteiger charge is -2.05. The molecule has 0 radical (unpaired) electrons. The third-order valence-electron chi connectivity index (χ3n) is 3.52. The molecule has 5 heteroatoms. The predicted molar refractivity (Wildman–Crippen MR) is 87.6 cm³/mol. The largest absolute Gasteiger partial charge is 0.353 e. The van der Waals surface area contributed by atoms with E-state index in [1.54, 1.807) is 18.6 Å². The molecule has 0 saturated carbocycles. The molecule has 4 aromatic rings. The van der Waals surface area contributed by atoms with Crippen LogP contribution in [-0.4, -0.2) is 19.9 Å². The molecule has 0 aliphatic carbocycles. The van der Waals surface area contributed by atoms with Gasteiger partial charge in [0.15, 0.2) is 0 Å². The Kier molecular flexibility index (Phi) is 3.09. The molecule has 0 spiro atoms. The van der Waals surface area contributed by atoms with Crippen molar-refractivity contribution in [3.05, 3.63) is 66.3 Å². The van der Waals surface area contributed by atoms with E-state index < -0.39 is 0 Å². The van der Waals surface area contributed by atoms with E-state index >= 15 is 0 Å². The van der Waals surface area contributed by atoms with Gasteiger partial charge in [-0.2, -0.15) is 0 Å². The fraction of sp³-hybridized carbons (Fsp3) is 0. The number of benzene rings is 1. The Morgan fingerprint density at radius 1 is 0.955 bits per heavy atom. The Labute approximate surface area is 131 Å². The molecule has 0 unspecified atom stereocenters. The molecule has 0 aliphatic rings. The van der Waals surface area contributed by atoms with Gasteiger partial charge in [-0.05, 0) is 29.8 Å². The first-order chi connectivity index (χ1) is 10.8. The monoisotopic (exact) mass is 306 g/mol. The number of pyridine rings is 1. The molecular formula is C17H11ClN4.